The van der Waals surface area contributed by atoms with Crippen LogP contribution in [0.25, 0.3) is 22.3 Å². The molecule has 1 aliphatic carbocycles. The second kappa shape index (κ2) is 9.99. The molecular weight excluding hydrogens is 453 g/mol. The second-order valence-electron chi connectivity index (χ2n) is 9.10. The number of ether oxygens (including phenoxy) is 2. The van der Waals surface area contributed by atoms with Gasteiger partial charge in [-0.2, -0.15) is 0 Å². The van der Waals surface area contributed by atoms with Crippen LogP contribution in [0.4, 0.5) is 4.39 Å². The highest BCUT2D eigenvalue weighted by atomic mass is 19.1. The lowest BCUT2D eigenvalue weighted by Gasteiger charge is -2.32. The van der Waals surface area contributed by atoms with Crippen molar-refractivity contribution < 1.29 is 23.5 Å². The van der Waals surface area contributed by atoms with Gasteiger partial charge < -0.3 is 24.7 Å². The van der Waals surface area contributed by atoms with Crippen LogP contribution in [0.3, 0.4) is 0 Å². The number of carbonyl (C=O) groups is 2. The maximum absolute atomic E-state index is 14.0. The van der Waals surface area contributed by atoms with Gasteiger partial charge in [-0.15, -0.1) is 0 Å². The van der Waals surface area contributed by atoms with Crippen LogP contribution in [0.15, 0.2) is 30.7 Å². The van der Waals surface area contributed by atoms with Crippen molar-refractivity contribution in [3.63, 3.8) is 0 Å². The molecule has 5 rings (SSSR count). The van der Waals surface area contributed by atoms with Crippen molar-refractivity contribution in [2.75, 3.05) is 33.4 Å². The minimum atomic E-state index is -0.383. The molecule has 2 aliphatic rings. The molecule has 3 heterocycles. The van der Waals surface area contributed by atoms with E-state index in [9.17, 15) is 14.0 Å². The van der Waals surface area contributed by atoms with E-state index in [-0.39, 0.29) is 30.3 Å². The van der Waals surface area contributed by atoms with Gasteiger partial charge in [0.2, 0.25) is 5.91 Å². The van der Waals surface area contributed by atoms with E-state index in [4.69, 9.17) is 9.47 Å². The average Bonchev–Trinajstić information content (AvgIpc) is 3.59. The van der Waals surface area contributed by atoms with E-state index in [1.807, 2.05) is 0 Å². The molecule has 35 heavy (non-hydrogen) atoms. The Morgan fingerprint density at radius 2 is 2.00 bits per heavy atom. The van der Waals surface area contributed by atoms with E-state index in [2.05, 4.69) is 20.3 Å². The van der Waals surface area contributed by atoms with Crippen molar-refractivity contribution >= 4 is 22.8 Å². The van der Waals surface area contributed by atoms with Crippen molar-refractivity contribution in [2.24, 2.45) is 5.92 Å². The molecule has 2 N–H and O–H groups in total. The Hall–Kier alpha value is -3.53. The van der Waals surface area contributed by atoms with E-state index in [1.165, 1.54) is 25.6 Å². The molecule has 9 nitrogen and oxygen atoms in total. The summed E-state index contributed by atoms with van der Waals surface area (Å²) in [6.45, 7) is 1.75. The number of aromatic amines is 1. The van der Waals surface area contributed by atoms with Crippen molar-refractivity contribution in [1.29, 1.82) is 0 Å². The molecule has 10 heteroatoms. The Morgan fingerprint density at radius 1 is 1.20 bits per heavy atom. The normalized spacial score (nSPS) is 16.5. The molecule has 0 unspecified atom stereocenters. The lowest BCUT2D eigenvalue weighted by molar-refractivity contribution is -0.136. The van der Waals surface area contributed by atoms with Crippen LogP contribution in [-0.2, 0) is 9.53 Å². The van der Waals surface area contributed by atoms with Gasteiger partial charge in [0.25, 0.3) is 5.91 Å². The number of likely N-dealkylation sites (tertiary alicyclic amines) is 1. The number of carbonyl (C=O) groups excluding carboxylic acids is 2. The number of halogens is 1. The van der Waals surface area contributed by atoms with Crippen LogP contribution < -0.4 is 10.1 Å². The van der Waals surface area contributed by atoms with Gasteiger partial charge in [0.1, 0.15) is 35.7 Å². The highest BCUT2D eigenvalue weighted by Gasteiger charge is 2.26. The van der Waals surface area contributed by atoms with Gasteiger partial charge >= 0.3 is 0 Å². The zero-order valence-corrected chi connectivity index (χ0v) is 19.6. The Bertz CT molecular complexity index is 1230. The number of nitrogens with one attached hydrogen (secondary N) is 2. The van der Waals surface area contributed by atoms with E-state index in [0.29, 0.717) is 72.1 Å². The van der Waals surface area contributed by atoms with Crippen molar-refractivity contribution in [3.8, 4) is 17.0 Å². The fourth-order valence-corrected chi connectivity index (χ4v) is 4.37. The quantitative estimate of drug-likeness (QED) is 0.512. The molecule has 2 fully saturated rings. The zero-order valence-electron chi connectivity index (χ0n) is 19.6. The van der Waals surface area contributed by atoms with Crippen LogP contribution in [-0.4, -0.2) is 71.1 Å². The molecule has 1 saturated heterocycles. The topological polar surface area (TPSA) is 109 Å². The molecule has 3 aromatic rings. The van der Waals surface area contributed by atoms with Gasteiger partial charge in [-0.05, 0) is 43.7 Å². The van der Waals surface area contributed by atoms with Gasteiger partial charge in [0.15, 0.2) is 0 Å². The van der Waals surface area contributed by atoms with Gasteiger partial charge in [0, 0.05) is 44.1 Å². The van der Waals surface area contributed by atoms with Crippen LogP contribution in [0, 0.1) is 11.7 Å². The molecule has 1 aliphatic heterocycles. The number of amides is 2. The number of nitrogens with zero attached hydrogens (tertiary/aromatic N) is 3. The van der Waals surface area contributed by atoms with Crippen LogP contribution in [0.5, 0.6) is 5.75 Å². The van der Waals surface area contributed by atoms with Crippen LogP contribution in [0.1, 0.15) is 36.0 Å². The molecular formula is C25H28FN5O4. The van der Waals surface area contributed by atoms with Gasteiger partial charge in [-0.1, -0.05) is 0 Å². The molecule has 1 saturated carbocycles. The van der Waals surface area contributed by atoms with Crippen molar-refractivity contribution in [1.82, 2.24) is 25.2 Å². The third kappa shape index (κ3) is 5.12. The first-order valence-corrected chi connectivity index (χ1v) is 11.9. The Kier molecular flexibility index (Phi) is 6.63. The number of benzene rings is 1. The molecule has 0 atom stereocenters. The smallest absolute Gasteiger partial charge is 0.255 e. The molecule has 0 radical (unpaired) electrons. The third-order valence-electron chi connectivity index (χ3n) is 6.53. The van der Waals surface area contributed by atoms with Gasteiger partial charge in [0.05, 0.1) is 17.7 Å². The summed E-state index contributed by atoms with van der Waals surface area (Å²) in [4.78, 5) is 38.7. The summed E-state index contributed by atoms with van der Waals surface area (Å²) in [5.74, 6) is 0.271. The van der Waals surface area contributed by atoms with Crippen LogP contribution in [0.2, 0.25) is 0 Å². The van der Waals surface area contributed by atoms with E-state index in [1.54, 1.807) is 17.2 Å². The minimum absolute atomic E-state index is 0.0418. The first-order chi connectivity index (χ1) is 17.0. The molecule has 1 aromatic carbocycles. The highest BCUT2D eigenvalue weighted by molar-refractivity contribution is 6.07. The lowest BCUT2D eigenvalue weighted by atomic mass is 10.0. The SMILES string of the molecule is COCC(=O)N1CCC(NC(=O)c2c[nH]c3c(-c4ccc(F)cc4OCC4CC4)ncnc23)CC1. The largest absolute Gasteiger partial charge is 0.492 e. The predicted octanol–water partition coefficient (Wildman–Crippen LogP) is 2.92. The number of hydrogen-bond acceptors (Lipinski definition) is 6. The highest BCUT2D eigenvalue weighted by Crippen LogP contribution is 2.36. The maximum Gasteiger partial charge on any atom is 0.255 e. The van der Waals surface area contributed by atoms with Gasteiger partial charge in [-0.25, -0.2) is 14.4 Å². The number of piperidine rings is 1. The van der Waals surface area contributed by atoms with E-state index >= 15 is 0 Å². The summed E-state index contributed by atoms with van der Waals surface area (Å²) in [5, 5.41) is 3.06. The van der Waals surface area contributed by atoms with Gasteiger partial charge in [-0.3, -0.25) is 9.59 Å². The minimum Gasteiger partial charge on any atom is -0.492 e. The second-order valence-corrected chi connectivity index (χ2v) is 9.10. The average molecular weight is 482 g/mol. The summed E-state index contributed by atoms with van der Waals surface area (Å²) >= 11 is 0. The lowest BCUT2D eigenvalue weighted by Crippen LogP contribution is -2.47. The Morgan fingerprint density at radius 3 is 2.74 bits per heavy atom. The molecule has 2 amide bonds. The van der Waals surface area contributed by atoms with Crippen molar-refractivity contribution in [2.45, 2.75) is 31.7 Å². The third-order valence-corrected chi connectivity index (χ3v) is 6.53. The number of H-pyrrole nitrogens is 1. The fourth-order valence-electron chi connectivity index (χ4n) is 4.37. The number of methoxy groups -OCH3 is 1. The zero-order chi connectivity index (χ0) is 24.4. The first kappa shape index (κ1) is 23.2. The summed E-state index contributed by atoms with van der Waals surface area (Å²) in [6, 6.07) is 4.33. The summed E-state index contributed by atoms with van der Waals surface area (Å²) in [6.07, 6.45) is 6.60. The molecule has 184 valence electrons. The monoisotopic (exact) mass is 481 g/mol. The Balaban J connectivity index is 1.33. The standard InChI is InChI=1S/C25H28FN5O4/c1-34-13-21(32)31-8-6-17(7-9-31)30-25(33)19-11-27-24-22(28-14-29-23(19)24)18-5-4-16(26)10-20(18)35-12-15-2-3-15/h4-5,10-11,14-15,17,27H,2-3,6-9,12-13H2,1H3,(H,30,33). The maximum atomic E-state index is 14.0. The summed E-state index contributed by atoms with van der Waals surface area (Å²) in [5.41, 5.74) is 2.66. The number of hydrogen-bond donors (Lipinski definition) is 2. The fraction of sp³-hybridized carbons (Fsp3) is 0.440. The summed E-state index contributed by atoms with van der Waals surface area (Å²) < 4.78 is 24.8. The van der Waals surface area contributed by atoms with Crippen LogP contribution >= 0.6 is 0 Å². The number of fused-ring (bicyclic) bond motifs is 1. The number of aromatic nitrogens is 3. The predicted molar refractivity (Wildman–Crippen MR) is 126 cm³/mol. The Labute approximate surface area is 202 Å². The molecule has 2 aromatic heterocycles. The summed E-state index contributed by atoms with van der Waals surface area (Å²) in [7, 11) is 1.50. The van der Waals surface area contributed by atoms with E-state index < -0.39 is 0 Å². The number of rotatable bonds is 8. The van der Waals surface area contributed by atoms with Crippen molar-refractivity contribution in [3.05, 3.63) is 42.1 Å². The first-order valence-electron chi connectivity index (χ1n) is 11.9. The molecule has 0 bridgehead atoms. The van der Waals surface area contributed by atoms with E-state index in [0.717, 1.165) is 12.8 Å². The molecule has 0 spiro atoms.